The molecular formula is C48H30N2S. The van der Waals surface area contributed by atoms with Crippen molar-refractivity contribution >= 4 is 53.1 Å². The predicted molar refractivity (Wildman–Crippen MR) is 217 cm³/mol. The molecule has 238 valence electrons. The maximum Gasteiger partial charge on any atom is 0.160 e. The molecule has 0 unspecified atom stereocenters. The Morgan fingerprint density at radius 3 is 1.65 bits per heavy atom. The second-order valence-corrected chi connectivity index (χ2v) is 14.1. The summed E-state index contributed by atoms with van der Waals surface area (Å²) < 4.78 is 2.54. The van der Waals surface area contributed by atoms with E-state index in [2.05, 4.69) is 182 Å². The lowest BCUT2D eigenvalue weighted by molar-refractivity contribution is 1.19. The van der Waals surface area contributed by atoms with E-state index in [4.69, 9.17) is 9.97 Å². The summed E-state index contributed by atoms with van der Waals surface area (Å²) in [6.07, 6.45) is 0. The topological polar surface area (TPSA) is 25.8 Å². The summed E-state index contributed by atoms with van der Waals surface area (Å²) in [5, 5.41) is 7.43. The van der Waals surface area contributed by atoms with Crippen LogP contribution in [0.15, 0.2) is 182 Å². The fraction of sp³-hybridized carbons (Fsp3) is 0. The predicted octanol–water partition coefficient (Wildman–Crippen LogP) is 13.5. The van der Waals surface area contributed by atoms with Crippen LogP contribution in [-0.2, 0) is 0 Å². The van der Waals surface area contributed by atoms with Crippen LogP contribution >= 0.6 is 11.3 Å². The van der Waals surface area contributed by atoms with Crippen molar-refractivity contribution in [1.82, 2.24) is 9.97 Å². The van der Waals surface area contributed by atoms with Crippen LogP contribution in [0.2, 0.25) is 0 Å². The Hall–Kier alpha value is -6.42. The molecule has 0 aliphatic rings. The zero-order valence-corrected chi connectivity index (χ0v) is 28.4. The second-order valence-electron chi connectivity index (χ2n) is 13.0. The van der Waals surface area contributed by atoms with Crippen molar-refractivity contribution < 1.29 is 0 Å². The third-order valence-corrected chi connectivity index (χ3v) is 11.0. The largest absolute Gasteiger partial charge is 0.228 e. The molecule has 0 amide bonds. The van der Waals surface area contributed by atoms with Gasteiger partial charge in [-0.25, -0.2) is 9.97 Å². The summed E-state index contributed by atoms with van der Waals surface area (Å²) in [5.41, 5.74) is 9.71. The number of fused-ring (bicyclic) bond motifs is 5. The third kappa shape index (κ3) is 5.36. The minimum atomic E-state index is 0.713. The van der Waals surface area contributed by atoms with Gasteiger partial charge in [0, 0.05) is 36.9 Å². The van der Waals surface area contributed by atoms with Crippen molar-refractivity contribution in [2.75, 3.05) is 0 Å². The molecule has 0 spiro atoms. The van der Waals surface area contributed by atoms with Crippen molar-refractivity contribution in [3.8, 4) is 56.2 Å². The molecule has 0 N–H and O–H groups in total. The number of rotatable bonds is 5. The summed E-state index contributed by atoms with van der Waals surface area (Å²) >= 11 is 1.84. The van der Waals surface area contributed by atoms with E-state index in [9.17, 15) is 0 Å². The van der Waals surface area contributed by atoms with Crippen molar-refractivity contribution in [3.05, 3.63) is 182 Å². The van der Waals surface area contributed by atoms with Crippen molar-refractivity contribution in [2.24, 2.45) is 0 Å². The molecule has 0 atom stereocenters. The van der Waals surface area contributed by atoms with Crippen LogP contribution in [-0.4, -0.2) is 9.97 Å². The van der Waals surface area contributed by atoms with Gasteiger partial charge in [-0.15, -0.1) is 11.3 Å². The Bertz CT molecular complexity index is 2910. The maximum absolute atomic E-state index is 5.29. The molecule has 0 bridgehead atoms. The number of benzene rings is 8. The van der Waals surface area contributed by atoms with E-state index in [0.717, 1.165) is 28.1 Å². The van der Waals surface area contributed by atoms with E-state index in [1.807, 2.05) is 11.3 Å². The molecule has 2 nitrogen and oxygen atoms in total. The lowest BCUT2D eigenvalue weighted by atomic mass is 9.95. The Labute approximate surface area is 300 Å². The molecule has 51 heavy (non-hydrogen) atoms. The number of hydrogen-bond acceptors (Lipinski definition) is 3. The Balaban J connectivity index is 1.15. The lowest BCUT2D eigenvalue weighted by Gasteiger charge is -2.13. The number of aromatic nitrogens is 2. The van der Waals surface area contributed by atoms with Gasteiger partial charge in [-0.3, -0.25) is 0 Å². The summed E-state index contributed by atoms with van der Waals surface area (Å²) in [4.78, 5) is 10.5. The van der Waals surface area contributed by atoms with E-state index >= 15 is 0 Å². The molecule has 0 aliphatic carbocycles. The van der Waals surface area contributed by atoms with Crippen LogP contribution in [0.5, 0.6) is 0 Å². The van der Waals surface area contributed by atoms with Gasteiger partial charge in [-0.2, -0.15) is 0 Å². The fourth-order valence-corrected chi connectivity index (χ4v) is 8.42. The van der Waals surface area contributed by atoms with E-state index < -0.39 is 0 Å². The minimum Gasteiger partial charge on any atom is -0.228 e. The van der Waals surface area contributed by atoms with Gasteiger partial charge in [-0.1, -0.05) is 146 Å². The fourth-order valence-electron chi connectivity index (χ4n) is 7.25. The molecule has 8 aromatic carbocycles. The summed E-state index contributed by atoms with van der Waals surface area (Å²) in [5.74, 6) is 0.713. The molecule has 0 aliphatic heterocycles. The van der Waals surface area contributed by atoms with Crippen LogP contribution in [0.4, 0.5) is 0 Å². The molecule has 0 fully saturated rings. The molecular weight excluding hydrogens is 637 g/mol. The highest BCUT2D eigenvalue weighted by atomic mass is 32.1. The van der Waals surface area contributed by atoms with Gasteiger partial charge >= 0.3 is 0 Å². The van der Waals surface area contributed by atoms with Crippen LogP contribution in [0.1, 0.15) is 0 Å². The average Bonchev–Trinajstić information content (AvgIpc) is 3.59. The summed E-state index contributed by atoms with van der Waals surface area (Å²) in [6, 6.07) is 65.1. The first-order chi connectivity index (χ1) is 25.2. The number of thiophene rings is 1. The average molecular weight is 667 g/mol. The first kappa shape index (κ1) is 29.5. The lowest BCUT2D eigenvalue weighted by Crippen LogP contribution is -1.96. The van der Waals surface area contributed by atoms with Gasteiger partial charge in [0.15, 0.2) is 5.82 Å². The van der Waals surface area contributed by atoms with Crippen LogP contribution < -0.4 is 0 Å². The smallest absolute Gasteiger partial charge is 0.160 e. The van der Waals surface area contributed by atoms with E-state index in [-0.39, 0.29) is 0 Å². The molecule has 10 aromatic rings. The van der Waals surface area contributed by atoms with Gasteiger partial charge in [0.25, 0.3) is 0 Å². The first-order valence-corrected chi connectivity index (χ1v) is 18.0. The van der Waals surface area contributed by atoms with Gasteiger partial charge < -0.3 is 0 Å². The zero-order valence-electron chi connectivity index (χ0n) is 27.6. The molecule has 2 aromatic heterocycles. The van der Waals surface area contributed by atoms with E-state index in [1.54, 1.807) is 0 Å². The van der Waals surface area contributed by atoms with E-state index in [0.29, 0.717) is 5.82 Å². The Morgan fingerprint density at radius 2 is 0.902 bits per heavy atom. The summed E-state index contributed by atoms with van der Waals surface area (Å²) in [6.45, 7) is 0. The second kappa shape index (κ2) is 12.2. The maximum atomic E-state index is 5.29. The van der Waals surface area contributed by atoms with Gasteiger partial charge in [0.05, 0.1) is 11.4 Å². The summed E-state index contributed by atoms with van der Waals surface area (Å²) in [7, 11) is 0. The Morgan fingerprint density at radius 1 is 0.333 bits per heavy atom. The molecule has 2 heterocycles. The Kier molecular flexibility index (Phi) is 7.04. The van der Waals surface area contributed by atoms with Gasteiger partial charge in [0.2, 0.25) is 0 Å². The minimum absolute atomic E-state index is 0.713. The molecule has 0 radical (unpaired) electrons. The quantitative estimate of drug-likeness (QED) is 0.183. The van der Waals surface area contributed by atoms with E-state index in [1.165, 1.54) is 64.0 Å². The normalized spacial score (nSPS) is 11.5. The SMILES string of the molecule is c1ccc(-c2cc(-c3cc(-c4ccc(-c5ccc6ccccc6c5)cc4)nc(-c4ccc5ccccc5c4)n3)cc3sc4ccccc4c23)cc1. The molecule has 10 rings (SSSR count). The highest BCUT2D eigenvalue weighted by Crippen LogP contribution is 2.43. The standard InChI is InChI=1S/C48H30N2S/c1-2-12-34(13-3-1)42-28-40(29-46-47(42)41-16-8-9-17-45(41)51-46)44-30-43(49-48(50-44)39-25-21-32-11-5-7-15-37(32)27-39)35-22-18-33(19-23-35)38-24-20-31-10-4-6-14-36(31)26-38/h1-30H. The number of nitrogens with zero attached hydrogens (tertiary/aromatic N) is 2. The highest BCUT2D eigenvalue weighted by molar-refractivity contribution is 7.26. The first-order valence-electron chi connectivity index (χ1n) is 17.2. The van der Waals surface area contributed by atoms with Crippen molar-refractivity contribution in [3.63, 3.8) is 0 Å². The van der Waals surface area contributed by atoms with Crippen molar-refractivity contribution in [1.29, 1.82) is 0 Å². The van der Waals surface area contributed by atoms with Crippen LogP contribution in [0.25, 0.3) is 97.9 Å². The highest BCUT2D eigenvalue weighted by Gasteiger charge is 2.17. The molecule has 0 saturated heterocycles. The monoisotopic (exact) mass is 666 g/mol. The third-order valence-electron chi connectivity index (χ3n) is 9.86. The van der Waals surface area contributed by atoms with Crippen LogP contribution in [0, 0.1) is 0 Å². The van der Waals surface area contributed by atoms with Gasteiger partial charge in [0.1, 0.15) is 0 Å². The molecule has 0 saturated carbocycles. The number of hydrogen-bond donors (Lipinski definition) is 0. The van der Waals surface area contributed by atoms with Crippen molar-refractivity contribution in [2.45, 2.75) is 0 Å². The van der Waals surface area contributed by atoms with Gasteiger partial charge in [-0.05, 0) is 80.2 Å². The van der Waals surface area contributed by atoms with Crippen LogP contribution in [0.3, 0.4) is 0 Å². The zero-order chi connectivity index (χ0) is 33.7. The molecule has 3 heteroatoms.